The van der Waals surface area contributed by atoms with Gasteiger partial charge >= 0.3 is 12.1 Å². The van der Waals surface area contributed by atoms with E-state index in [4.69, 9.17) is 9.90 Å². The summed E-state index contributed by atoms with van der Waals surface area (Å²) in [7, 11) is -7.82. The lowest BCUT2D eigenvalue weighted by molar-refractivity contribution is -0.192. The fourth-order valence-corrected chi connectivity index (χ4v) is 10.1. The molecule has 1 aliphatic heterocycles. The Morgan fingerprint density at radius 1 is 1.00 bits per heavy atom. The highest BCUT2D eigenvalue weighted by atomic mass is 32.2. The number of carboxylic acids is 1. The third-order valence-electron chi connectivity index (χ3n) is 7.71. The highest BCUT2D eigenvalue weighted by molar-refractivity contribution is 7.93. The normalized spacial score (nSPS) is 16.7. The number of halogens is 6. The number of thiazole rings is 1. The molecular weight excluding hydrogens is 753 g/mol. The summed E-state index contributed by atoms with van der Waals surface area (Å²) in [5.74, 6) is -5.88. The summed E-state index contributed by atoms with van der Waals surface area (Å²) in [6.07, 6.45) is -2.26. The van der Waals surface area contributed by atoms with Crippen molar-refractivity contribution in [3.05, 3.63) is 71.1 Å². The number of alkyl halides is 3. The first-order valence-corrected chi connectivity index (χ1v) is 18.7. The molecule has 1 aliphatic carbocycles. The van der Waals surface area contributed by atoms with Crippen LogP contribution in [0.3, 0.4) is 0 Å². The van der Waals surface area contributed by atoms with Crippen LogP contribution in [-0.2, 0) is 30.3 Å². The summed E-state index contributed by atoms with van der Waals surface area (Å²) in [5, 5.41) is 21.3. The van der Waals surface area contributed by atoms with Gasteiger partial charge in [-0.15, -0.1) is 11.3 Å². The molecule has 0 unspecified atom stereocenters. The lowest BCUT2D eigenvalue weighted by Crippen LogP contribution is -2.60. The van der Waals surface area contributed by atoms with Crippen LogP contribution in [0.2, 0.25) is 0 Å². The molecule has 12 nitrogen and oxygen atoms in total. The van der Waals surface area contributed by atoms with Crippen molar-refractivity contribution in [2.24, 2.45) is 5.41 Å². The summed E-state index contributed by atoms with van der Waals surface area (Å²) in [6.45, 7) is 3.01. The number of carboxylic acid groups (broad SMARTS) is 1. The Bertz CT molecular complexity index is 2190. The minimum atomic E-state index is -5.08. The van der Waals surface area contributed by atoms with Gasteiger partial charge in [-0.1, -0.05) is 12.1 Å². The van der Waals surface area contributed by atoms with Gasteiger partial charge in [-0.2, -0.15) is 13.2 Å². The first-order valence-electron chi connectivity index (χ1n) is 14.6. The largest absolute Gasteiger partial charge is 0.490 e. The van der Waals surface area contributed by atoms with Crippen LogP contribution in [0, 0.1) is 22.9 Å². The second kappa shape index (κ2) is 13.3. The number of nitrogens with zero attached hydrogens (tertiary/aromatic N) is 3. The van der Waals surface area contributed by atoms with Crippen molar-refractivity contribution in [2.45, 2.75) is 49.4 Å². The van der Waals surface area contributed by atoms with E-state index in [0.717, 1.165) is 35.6 Å². The molecule has 0 radical (unpaired) electrons. The number of carbonyl (C=O) groups is 1. The number of sulfone groups is 1. The number of hydrogen-bond acceptors (Lipinski definition) is 11. The van der Waals surface area contributed by atoms with Gasteiger partial charge in [0.1, 0.15) is 22.2 Å². The number of rotatable bonds is 8. The Morgan fingerprint density at radius 3 is 2.14 bits per heavy atom. The molecular formula is C30H27F6N5O7S3. The molecule has 21 heteroatoms. The van der Waals surface area contributed by atoms with Crippen LogP contribution in [0.5, 0.6) is 0 Å². The predicted octanol–water partition coefficient (Wildman–Crippen LogP) is 5.34. The summed E-state index contributed by atoms with van der Waals surface area (Å²) >= 11 is 1.05. The van der Waals surface area contributed by atoms with Gasteiger partial charge < -0.3 is 15.5 Å². The maximum Gasteiger partial charge on any atom is 0.490 e. The van der Waals surface area contributed by atoms with E-state index in [2.05, 4.69) is 20.3 Å². The number of benzene rings is 2. The molecule has 274 valence electrons. The zero-order chi connectivity index (χ0) is 37.7. The smallest absolute Gasteiger partial charge is 0.475 e. The van der Waals surface area contributed by atoms with Crippen LogP contribution < -0.4 is 10.0 Å². The maximum absolute atomic E-state index is 16.0. The Hall–Kier alpha value is -4.34. The first kappa shape index (κ1) is 37.9. The quantitative estimate of drug-likeness (QED) is 0.169. The van der Waals surface area contributed by atoms with E-state index < -0.39 is 65.6 Å². The molecule has 0 amide bonds. The van der Waals surface area contributed by atoms with E-state index in [9.17, 15) is 43.9 Å². The molecule has 4 N–H and O–H groups in total. The molecule has 51 heavy (non-hydrogen) atoms. The van der Waals surface area contributed by atoms with Crippen LogP contribution in [0.4, 0.5) is 38.0 Å². The fraction of sp³-hybridized carbons (Fsp3) is 0.333. The Balaban J connectivity index is 0.000000654. The number of aliphatic carboxylic acids is 1. The van der Waals surface area contributed by atoms with Crippen molar-refractivity contribution in [2.75, 3.05) is 21.5 Å². The van der Waals surface area contributed by atoms with E-state index in [0.29, 0.717) is 23.4 Å². The molecule has 0 bridgehead atoms. The van der Waals surface area contributed by atoms with E-state index >= 15 is 4.39 Å². The maximum atomic E-state index is 16.0. The molecule has 4 aromatic rings. The van der Waals surface area contributed by atoms with Gasteiger partial charge in [0.05, 0.1) is 33.5 Å². The van der Waals surface area contributed by atoms with Gasteiger partial charge in [-0.05, 0) is 57.0 Å². The molecule has 2 aromatic carbocycles. The average molecular weight is 780 g/mol. The van der Waals surface area contributed by atoms with Crippen LogP contribution in [0.15, 0.2) is 53.6 Å². The number of nitrogens with one attached hydrogen (secondary N) is 2. The monoisotopic (exact) mass is 779 g/mol. The summed E-state index contributed by atoms with van der Waals surface area (Å²) in [4.78, 5) is 21.3. The SMILES string of the molecule is CC(C)(O)c1nc(-c2cccc(NS(=O)(=O)c3c(F)cccc3F)c2F)c(-c2ccnc(NC3CC4(C3)CS(=O)(=O)C4)n2)s1.O=C(O)C(F)(F)F. The fourth-order valence-electron chi connectivity index (χ4n) is 5.62. The summed E-state index contributed by atoms with van der Waals surface area (Å²) < 4.78 is 127. The average Bonchev–Trinajstić information content (AvgIpc) is 3.42. The molecule has 2 fully saturated rings. The van der Waals surface area contributed by atoms with Crippen LogP contribution >= 0.6 is 11.3 Å². The second-order valence-electron chi connectivity index (χ2n) is 12.4. The Morgan fingerprint density at radius 2 is 1.59 bits per heavy atom. The zero-order valence-electron chi connectivity index (χ0n) is 26.3. The predicted molar refractivity (Wildman–Crippen MR) is 172 cm³/mol. The van der Waals surface area contributed by atoms with Crippen molar-refractivity contribution < 1.29 is 58.2 Å². The van der Waals surface area contributed by atoms with E-state index in [1.54, 1.807) is 6.07 Å². The highest BCUT2D eigenvalue weighted by Gasteiger charge is 2.56. The van der Waals surface area contributed by atoms with Gasteiger partial charge in [-0.25, -0.2) is 49.8 Å². The molecule has 0 atom stereocenters. The third-order valence-corrected chi connectivity index (χ3v) is 12.6. The Labute approximate surface area is 290 Å². The zero-order valence-corrected chi connectivity index (χ0v) is 28.7. The van der Waals surface area contributed by atoms with E-state index in [-0.39, 0.29) is 45.2 Å². The number of aromatic nitrogens is 3. The third kappa shape index (κ3) is 8.26. The van der Waals surface area contributed by atoms with Gasteiger partial charge in [0, 0.05) is 23.2 Å². The Kier molecular flexibility index (Phi) is 9.91. The lowest BCUT2D eigenvalue weighted by Gasteiger charge is -2.53. The minimum absolute atomic E-state index is 0.0185. The molecule has 2 aliphatic rings. The van der Waals surface area contributed by atoms with Crippen molar-refractivity contribution in [3.63, 3.8) is 0 Å². The first-order chi connectivity index (χ1) is 23.5. The highest BCUT2D eigenvalue weighted by Crippen LogP contribution is 2.50. The second-order valence-corrected chi connectivity index (χ2v) is 17.1. The summed E-state index contributed by atoms with van der Waals surface area (Å²) in [6, 6.07) is 7.91. The molecule has 1 saturated carbocycles. The minimum Gasteiger partial charge on any atom is -0.475 e. The van der Waals surface area contributed by atoms with Gasteiger partial charge in [-0.3, -0.25) is 4.72 Å². The van der Waals surface area contributed by atoms with Crippen LogP contribution in [0.25, 0.3) is 21.8 Å². The topological polar surface area (TPSA) is 189 Å². The standard InChI is InChI=1S/C28H26F3N5O5S3.C2HF3O2/c1-27(2,37)25-35-22(16-5-3-8-19(21(16)31)36-44(40,41)24-17(29)6-4-7-18(24)30)23(42-25)20-9-10-32-26(34-20)33-15-11-28(12-15)13-43(38,39)14-28;3-2(4,5)1(6)7/h3-10,15,36-37H,11-14H2,1-2H3,(H,32,33,34);(H,6,7). The van der Waals surface area contributed by atoms with E-state index in [1.165, 1.54) is 32.2 Å². The van der Waals surface area contributed by atoms with E-state index in [1.807, 2.05) is 4.72 Å². The number of anilines is 2. The molecule has 1 spiro atoms. The summed E-state index contributed by atoms with van der Waals surface area (Å²) in [5.41, 5.74) is -1.95. The lowest BCUT2D eigenvalue weighted by atomic mass is 9.67. The molecule has 6 rings (SSSR count). The van der Waals surface area contributed by atoms with Crippen LogP contribution in [0.1, 0.15) is 31.7 Å². The van der Waals surface area contributed by atoms with Gasteiger partial charge in [0.2, 0.25) is 5.95 Å². The molecule has 3 heterocycles. The number of sulfonamides is 1. The van der Waals surface area contributed by atoms with Crippen molar-refractivity contribution >= 4 is 48.8 Å². The number of hydrogen-bond donors (Lipinski definition) is 4. The van der Waals surface area contributed by atoms with Gasteiger partial charge in [0.25, 0.3) is 10.0 Å². The molecule has 1 saturated heterocycles. The van der Waals surface area contributed by atoms with Crippen molar-refractivity contribution in [1.82, 2.24) is 15.0 Å². The molecule has 2 aromatic heterocycles. The number of aliphatic hydroxyl groups is 1. The van der Waals surface area contributed by atoms with Crippen molar-refractivity contribution in [1.29, 1.82) is 0 Å². The van der Waals surface area contributed by atoms with Crippen LogP contribution in [-0.4, -0.2) is 71.7 Å². The van der Waals surface area contributed by atoms with Gasteiger partial charge in [0.15, 0.2) is 20.5 Å². The van der Waals surface area contributed by atoms with Crippen molar-refractivity contribution in [3.8, 4) is 21.8 Å².